The number of anilines is 1. The predicted molar refractivity (Wildman–Crippen MR) is 108 cm³/mol. The van der Waals surface area contributed by atoms with Crippen LogP contribution >= 0.6 is 11.6 Å². The van der Waals surface area contributed by atoms with Crippen molar-refractivity contribution in [2.75, 3.05) is 5.32 Å². The van der Waals surface area contributed by atoms with Gasteiger partial charge >= 0.3 is 0 Å². The number of amides is 1. The SMILES string of the molecule is CCc1ccc(-c2ccc(=O)n(CC(=O)Nc3ccc(C)c(Cl)c3)n2)cc1. The number of aromatic nitrogens is 2. The van der Waals surface area contributed by atoms with Gasteiger partial charge < -0.3 is 5.32 Å². The van der Waals surface area contributed by atoms with Crippen LogP contribution in [-0.4, -0.2) is 15.7 Å². The lowest BCUT2D eigenvalue weighted by Gasteiger charge is -2.09. The molecule has 138 valence electrons. The minimum absolute atomic E-state index is 0.175. The van der Waals surface area contributed by atoms with Gasteiger partial charge in [0.2, 0.25) is 5.91 Å². The zero-order chi connectivity index (χ0) is 19.4. The number of halogens is 1. The van der Waals surface area contributed by atoms with Crippen molar-refractivity contribution in [1.29, 1.82) is 0 Å². The summed E-state index contributed by atoms with van der Waals surface area (Å²) in [5.41, 5.74) is 3.93. The van der Waals surface area contributed by atoms with Crippen molar-refractivity contribution in [2.45, 2.75) is 26.8 Å². The number of nitrogens with one attached hydrogen (secondary N) is 1. The Kier molecular flexibility index (Phi) is 5.72. The molecular formula is C21H20ClN3O2. The quantitative estimate of drug-likeness (QED) is 0.724. The average molecular weight is 382 g/mol. The first-order valence-corrected chi connectivity index (χ1v) is 9.07. The van der Waals surface area contributed by atoms with Crippen molar-refractivity contribution in [3.63, 3.8) is 0 Å². The number of nitrogens with zero attached hydrogens (tertiary/aromatic N) is 2. The van der Waals surface area contributed by atoms with Crippen molar-refractivity contribution in [2.24, 2.45) is 0 Å². The molecule has 1 N–H and O–H groups in total. The average Bonchev–Trinajstić information content (AvgIpc) is 2.66. The van der Waals surface area contributed by atoms with Crippen molar-refractivity contribution >= 4 is 23.2 Å². The minimum atomic E-state index is -0.344. The highest BCUT2D eigenvalue weighted by atomic mass is 35.5. The fraction of sp³-hybridized carbons (Fsp3) is 0.190. The number of aryl methyl sites for hydroxylation is 2. The van der Waals surface area contributed by atoms with Crippen LogP contribution in [0.3, 0.4) is 0 Å². The summed E-state index contributed by atoms with van der Waals surface area (Å²) in [7, 11) is 0. The summed E-state index contributed by atoms with van der Waals surface area (Å²) >= 11 is 6.07. The van der Waals surface area contributed by atoms with Crippen molar-refractivity contribution < 1.29 is 4.79 Å². The van der Waals surface area contributed by atoms with Gasteiger partial charge in [-0.25, -0.2) is 4.68 Å². The van der Waals surface area contributed by atoms with Crippen LogP contribution in [-0.2, 0) is 17.8 Å². The maximum absolute atomic E-state index is 12.3. The zero-order valence-corrected chi connectivity index (χ0v) is 16.0. The molecule has 0 aliphatic carbocycles. The second kappa shape index (κ2) is 8.18. The lowest BCUT2D eigenvalue weighted by molar-refractivity contribution is -0.117. The molecule has 5 nitrogen and oxygen atoms in total. The van der Waals surface area contributed by atoms with Crippen LogP contribution in [0.2, 0.25) is 5.02 Å². The second-order valence-corrected chi connectivity index (χ2v) is 6.68. The first-order chi connectivity index (χ1) is 13.0. The maximum Gasteiger partial charge on any atom is 0.267 e. The third-order valence-corrected chi connectivity index (χ3v) is 4.68. The van der Waals surface area contributed by atoms with E-state index in [9.17, 15) is 9.59 Å². The van der Waals surface area contributed by atoms with E-state index in [0.29, 0.717) is 16.4 Å². The monoisotopic (exact) mass is 381 g/mol. The normalized spacial score (nSPS) is 10.6. The Bertz CT molecular complexity index is 1030. The highest BCUT2D eigenvalue weighted by Gasteiger charge is 2.09. The van der Waals surface area contributed by atoms with Crippen LogP contribution in [0, 0.1) is 6.92 Å². The largest absolute Gasteiger partial charge is 0.324 e. The Morgan fingerprint density at radius 2 is 1.85 bits per heavy atom. The molecule has 0 unspecified atom stereocenters. The summed E-state index contributed by atoms with van der Waals surface area (Å²) in [5.74, 6) is -0.344. The van der Waals surface area contributed by atoms with Gasteiger partial charge in [0.1, 0.15) is 6.54 Å². The Hall–Kier alpha value is -2.92. The molecule has 3 rings (SSSR count). The van der Waals surface area contributed by atoms with Gasteiger partial charge in [0.15, 0.2) is 0 Å². The zero-order valence-electron chi connectivity index (χ0n) is 15.2. The summed E-state index contributed by atoms with van der Waals surface area (Å²) in [6.45, 7) is 3.80. The Balaban J connectivity index is 1.78. The molecule has 0 spiro atoms. The minimum Gasteiger partial charge on any atom is -0.324 e. The predicted octanol–water partition coefficient (Wildman–Crippen LogP) is 4.07. The Labute approximate surface area is 162 Å². The molecule has 6 heteroatoms. The Morgan fingerprint density at radius 1 is 1.11 bits per heavy atom. The van der Waals surface area contributed by atoms with E-state index in [1.165, 1.54) is 11.6 Å². The molecule has 0 aliphatic heterocycles. The van der Waals surface area contributed by atoms with E-state index in [2.05, 4.69) is 17.3 Å². The molecule has 0 radical (unpaired) electrons. The van der Waals surface area contributed by atoms with Crippen LogP contribution in [0.15, 0.2) is 59.4 Å². The molecule has 0 bridgehead atoms. The van der Waals surface area contributed by atoms with E-state index in [4.69, 9.17) is 11.6 Å². The topological polar surface area (TPSA) is 64.0 Å². The van der Waals surface area contributed by atoms with Crippen LogP contribution in [0.4, 0.5) is 5.69 Å². The fourth-order valence-electron chi connectivity index (χ4n) is 2.63. The van der Waals surface area contributed by atoms with Gasteiger partial charge in [-0.1, -0.05) is 48.9 Å². The van der Waals surface area contributed by atoms with Crippen LogP contribution in [0.25, 0.3) is 11.3 Å². The van der Waals surface area contributed by atoms with Gasteiger partial charge in [-0.3, -0.25) is 9.59 Å². The number of rotatable bonds is 5. The fourth-order valence-corrected chi connectivity index (χ4v) is 2.82. The Morgan fingerprint density at radius 3 is 2.52 bits per heavy atom. The summed E-state index contributed by atoms with van der Waals surface area (Å²) in [6.07, 6.45) is 0.955. The van der Waals surface area contributed by atoms with E-state index in [-0.39, 0.29) is 18.0 Å². The molecule has 0 atom stereocenters. The second-order valence-electron chi connectivity index (χ2n) is 6.28. The lowest BCUT2D eigenvalue weighted by Crippen LogP contribution is -2.29. The summed E-state index contributed by atoms with van der Waals surface area (Å²) in [4.78, 5) is 24.4. The molecule has 3 aromatic rings. The van der Waals surface area contributed by atoms with Gasteiger partial charge in [-0.15, -0.1) is 0 Å². The molecule has 0 aliphatic rings. The molecule has 1 amide bonds. The first kappa shape index (κ1) is 18.9. The smallest absolute Gasteiger partial charge is 0.267 e. The third-order valence-electron chi connectivity index (χ3n) is 4.27. The summed E-state index contributed by atoms with van der Waals surface area (Å²) in [6, 6.07) is 16.3. The standard InChI is InChI=1S/C21H20ClN3O2/c1-3-15-5-7-16(8-6-15)19-10-11-21(27)25(24-19)13-20(26)23-17-9-4-14(2)18(22)12-17/h4-12H,3,13H2,1-2H3,(H,23,26). The summed E-state index contributed by atoms with van der Waals surface area (Å²) < 4.78 is 1.16. The van der Waals surface area contributed by atoms with E-state index >= 15 is 0 Å². The number of carbonyl (C=O) groups excluding carboxylic acids is 1. The van der Waals surface area contributed by atoms with E-state index in [0.717, 1.165) is 22.2 Å². The van der Waals surface area contributed by atoms with Crippen LogP contribution in [0.5, 0.6) is 0 Å². The van der Waals surface area contributed by atoms with E-state index < -0.39 is 0 Å². The van der Waals surface area contributed by atoms with Gasteiger partial charge in [-0.2, -0.15) is 5.10 Å². The highest BCUT2D eigenvalue weighted by Crippen LogP contribution is 2.20. The van der Waals surface area contributed by atoms with Crippen molar-refractivity contribution in [1.82, 2.24) is 9.78 Å². The number of hydrogen-bond donors (Lipinski definition) is 1. The molecule has 0 fully saturated rings. The van der Waals surface area contributed by atoms with Gasteiger partial charge in [0, 0.05) is 22.3 Å². The molecule has 2 aromatic carbocycles. The van der Waals surface area contributed by atoms with Crippen molar-refractivity contribution in [3.8, 4) is 11.3 Å². The molecule has 27 heavy (non-hydrogen) atoms. The van der Waals surface area contributed by atoms with Crippen LogP contribution < -0.4 is 10.9 Å². The van der Waals surface area contributed by atoms with Crippen LogP contribution in [0.1, 0.15) is 18.1 Å². The number of hydrogen-bond acceptors (Lipinski definition) is 3. The third kappa shape index (κ3) is 4.63. The number of benzene rings is 2. The molecular weight excluding hydrogens is 362 g/mol. The van der Waals surface area contributed by atoms with Gasteiger partial charge in [0.25, 0.3) is 5.56 Å². The lowest BCUT2D eigenvalue weighted by atomic mass is 10.1. The first-order valence-electron chi connectivity index (χ1n) is 8.69. The molecule has 1 heterocycles. The molecule has 0 saturated heterocycles. The number of carbonyl (C=O) groups is 1. The molecule has 0 saturated carbocycles. The van der Waals surface area contributed by atoms with Gasteiger partial charge in [-0.05, 0) is 42.7 Å². The highest BCUT2D eigenvalue weighted by molar-refractivity contribution is 6.31. The summed E-state index contributed by atoms with van der Waals surface area (Å²) in [5, 5.41) is 7.64. The molecule has 1 aromatic heterocycles. The van der Waals surface area contributed by atoms with Gasteiger partial charge in [0.05, 0.1) is 5.69 Å². The van der Waals surface area contributed by atoms with Crippen molar-refractivity contribution in [3.05, 3.63) is 81.1 Å². The van der Waals surface area contributed by atoms with E-state index in [1.54, 1.807) is 18.2 Å². The maximum atomic E-state index is 12.3. The van der Waals surface area contributed by atoms with E-state index in [1.807, 2.05) is 37.3 Å².